The first kappa shape index (κ1) is 13.3. The molecular formula is C14H11Cl2FO. The minimum Gasteiger partial charge on any atom is -0.388 e. The largest absolute Gasteiger partial charge is 0.388 e. The number of rotatable bonds is 3. The van der Waals surface area contributed by atoms with Gasteiger partial charge in [-0.15, -0.1) is 0 Å². The Hall–Kier alpha value is -1.09. The molecule has 0 saturated carbocycles. The first-order valence-corrected chi connectivity index (χ1v) is 6.19. The van der Waals surface area contributed by atoms with Gasteiger partial charge in [0.1, 0.15) is 5.82 Å². The number of hydrogen-bond acceptors (Lipinski definition) is 1. The Kier molecular flexibility index (Phi) is 4.23. The summed E-state index contributed by atoms with van der Waals surface area (Å²) in [5.74, 6) is -0.418. The quantitative estimate of drug-likeness (QED) is 0.885. The molecule has 0 aliphatic rings. The van der Waals surface area contributed by atoms with Crippen molar-refractivity contribution in [3.05, 3.63) is 69.5 Å². The second-order valence-corrected chi connectivity index (χ2v) is 4.86. The second kappa shape index (κ2) is 5.70. The molecule has 0 amide bonds. The number of hydrogen-bond donors (Lipinski definition) is 1. The van der Waals surface area contributed by atoms with Gasteiger partial charge in [-0.05, 0) is 35.4 Å². The van der Waals surface area contributed by atoms with Crippen LogP contribution in [0.3, 0.4) is 0 Å². The summed E-state index contributed by atoms with van der Waals surface area (Å²) in [5, 5.41) is 10.9. The van der Waals surface area contributed by atoms with Gasteiger partial charge in [0.25, 0.3) is 0 Å². The predicted molar refractivity (Wildman–Crippen MR) is 71.5 cm³/mol. The number of halogens is 3. The maximum absolute atomic E-state index is 12.9. The van der Waals surface area contributed by atoms with Crippen LogP contribution in [-0.2, 0) is 6.42 Å². The van der Waals surface area contributed by atoms with Crippen LogP contribution in [0, 0.1) is 5.82 Å². The highest BCUT2D eigenvalue weighted by molar-refractivity contribution is 6.31. The van der Waals surface area contributed by atoms with Gasteiger partial charge in [-0.25, -0.2) is 4.39 Å². The molecule has 4 heteroatoms. The Morgan fingerprint density at radius 2 is 1.89 bits per heavy atom. The average Bonchev–Trinajstić information content (AvgIpc) is 2.28. The van der Waals surface area contributed by atoms with E-state index in [1.807, 2.05) is 12.1 Å². The first-order valence-electron chi connectivity index (χ1n) is 5.44. The van der Waals surface area contributed by atoms with E-state index in [0.717, 1.165) is 5.56 Å². The van der Waals surface area contributed by atoms with Crippen LogP contribution in [0.2, 0.25) is 10.0 Å². The van der Waals surface area contributed by atoms with Crippen molar-refractivity contribution in [2.45, 2.75) is 12.5 Å². The normalized spacial score (nSPS) is 12.4. The summed E-state index contributed by atoms with van der Waals surface area (Å²) in [6, 6.07) is 11.2. The van der Waals surface area contributed by atoms with Gasteiger partial charge in [0.05, 0.1) is 6.10 Å². The van der Waals surface area contributed by atoms with E-state index in [0.29, 0.717) is 17.0 Å². The summed E-state index contributed by atoms with van der Waals surface area (Å²) in [5.41, 5.74) is 1.41. The van der Waals surface area contributed by atoms with E-state index in [1.165, 1.54) is 18.2 Å². The van der Waals surface area contributed by atoms with Crippen molar-refractivity contribution < 1.29 is 9.50 Å². The van der Waals surface area contributed by atoms with E-state index in [9.17, 15) is 9.50 Å². The van der Waals surface area contributed by atoms with E-state index < -0.39 is 11.9 Å². The molecule has 0 spiro atoms. The van der Waals surface area contributed by atoms with Crippen molar-refractivity contribution in [2.75, 3.05) is 0 Å². The summed E-state index contributed by atoms with van der Waals surface area (Å²) < 4.78 is 12.9. The number of aliphatic hydroxyl groups excluding tert-OH is 1. The third-order valence-electron chi connectivity index (χ3n) is 2.64. The van der Waals surface area contributed by atoms with Gasteiger partial charge in [0, 0.05) is 16.5 Å². The lowest BCUT2D eigenvalue weighted by atomic mass is 10.0. The van der Waals surface area contributed by atoms with Crippen LogP contribution in [0.25, 0.3) is 0 Å². The molecule has 94 valence electrons. The highest BCUT2D eigenvalue weighted by atomic mass is 35.5. The summed E-state index contributed by atoms with van der Waals surface area (Å²) in [7, 11) is 0. The SMILES string of the molecule is OC(Cc1cccc(Cl)c1)c1ccc(F)cc1Cl. The topological polar surface area (TPSA) is 20.2 Å². The van der Waals surface area contributed by atoms with Crippen LogP contribution >= 0.6 is 23.2 Å². The Morgan fingerprint density at radius 3 is 2.56 bits per heavy atom. The molecule has 18 heavy (non-hydrogen) atoms. The van der Waals surface area contributed by atoms with Gasteiger partial charge >= 0.3 is 0 Å². The molecule has 2 rings (SSSR count). The number of aliphatic hydroxyl groups is 1. The molecule has 0 aromatic heterocycles. The molecule has 0 bridgehead atoms. The zero-order chi connectivity index (χ0) is 13.1. The van der Waals surface area contributed by atoms with Gasteiger partial charge in [-0.2, -0.15) is 0 Å². The molecule has 2 aromatic rings. The van der Waals surface area contributed by atoms with Crippen LogP contribution in [0.4, 0.5) is 4.39 Å². The molecule has 2 aromatic carbocycles. The maximum Gasteiger partial charge on any atom is 0.124 e. The van der Waals surface area contributed by atoms with E-state index in [-0.39, 0.29) is 5.02 Å². The molecule has 1 nitrogen and oxygen atoms in total. The highest BCUT2D eigenvalue weighted by Crippen LogP contribution is 2.27. The lowest BCUT2D eigenvalue weighted by Crippen LogP contribution is -2.02. The molecule has 0 aliphatic heterocycles. The van der Waals surface area contributed by atoms with Crippen LogP contribution < -0.4 is 0 Å². The van der Waals surface area contributed by atoms with Gasteiger partial charge in [0.2, 0.25) is 0 Å². The Labute approximate surface area is 115 Å². The fourth-order valence-electron chi connectivity index (χ4n) is 1.77. The average molecular weight is 285 g/mol. The summed E-state index contributed by atoms with van der Waals surface area (Å²) >= 11 is 11.8. The summed E-state index contributed by atoms with van der Waals surface area (Å²) in [4.78, 5) is 0. The smallest absolute Gasteiger partial charge is 0.124 e. The van der Waals surface area contributed by atoms with E-state index in [4.69, 9.17) is 23.2 Å². The molecule has 0 fully saturated rings. The van der Waals surface area contributed by atoms with E-state index >= 15 is 0 Å². The van der Waals surface area contributed by atoms with Gasteiger partial charge in [0.15, 0.2) is 0 Å². The zero-order valence-corrected chi connectivity index (χ0v) is 10.9. The Balaban J connectivity index is 2.19. The van der Waals surface area contributed by atoms with Crippen LogP contribution in [-0.4, -0.2) is 5.11 Å². The molecule has 0 heterocycles. The molecule has 0 aliphatic carbocycles. The van der Waals surface area contributed by atoms with E-state index in [1.54, 1.807) is 12.1 Å². The summed E-state index contributed by atoms with van der Waals surface area (Å²) in [6.07, 6.45) is -0.400. The highest BCUT2D eigenvalue weighted by Gasteiger charge is 2.13. The minimum atomic E-state index is -0.781. The van der Waals surface area contributed by atoms with Crippen molar-refractivity contribution in [2.24, 2.45) is 0 Å². The van der Waals surface area contributed by atoms with Gasteiger partial charge in [-0.3, -0.25) is 0 Å². The summed E-state index contributed by atoms with van der Waals surface area (Å²) in [6.45, 7) is 0. The Bertz CT molecular complexity index is 557. The lowest BCUT2D eigenvalue weighted by molar-refractivity contribution is 0.178. The fourth-order valence-corrected chi connectivity index (χ4v) is 2.27. The van der Waals surface area contributed by atoms with Crippen molar-refractivity contribution in [3.63, 3.8) is 0 Å². The molecule has 1 atom stereocenters. The third-order valence-corrected chi connectivity index (χ3v) is 3.20. The molecule has 0 radical (unpaired) electrons. The minimum absolute atomic E-state index is 0.226. The predicted octanol–water partition coefficient (Wildman–Crippen LogP) is 4.41. The van der Waals surface area contributed by atoms with E-state index in [2.05, 4.69) is 0 Å². The molecule has 1 unspecified atom stereocenters. The van der Waals surface area contributed by atoms with Crippen LogP contribution in [0.15, 0.2) is 42.5 Å². The van der Waals surface area contributed by atoms with Crippen LogP contribution in [0.5, 0.6) is 0 Å². The van der Waals surface area contributed by atoms with Crippen molar-refractivity contribution in [1.29, 1.82) is 0 Å². The van der Waals surface area contributed by atoms with Crippen molar-refractivity contribution in [1.82, 2.24) is 0 Å². The second-order valence-electron chi connectivity index (χ2n) is 4.02. The Morgan fingerprint density at radius 1 is 1.11 bits per heavy atom. The molecule has 0 saturated heterocycles. The standard InChI is InChI=1S/C14H11Cl2FO/c15-10-3-1-2-9(6-10)7-14(18)12-5-4-11(17)8-13(12)16/h1-6,8,14,18H,7H2. The van der Waals surface area contributed by atoms with Gasteiger partial charge < -0.3 is 5.11 Å². The first-order chi connectivity index (χ1) is 8.56. The lowest BCUT2D eigenvalue weighted by Gasteiger charge is -2.13. The third kappa shape index (κ3) is 3.22. The fraction of sp³-hybridized carbons (Fsp3) is 0.143. The zero-order valence-electron chi connectivity index (χ0n) is 9.41. The van der Waals surface area contributed by atoms with Crippen molar-refractivity contribution in [3.8, 4) is 0 Å². The number of benzene rings is 2. The molecule has 1 N–H and O–H groups in total. The maximum atomic E-state index is 12.9. The monoisotopic (exact) mass is 284 g/mol. The van der Waals surface area contributed by atoms with Crippen molar-refractivity contribution >= 4 is 23.2 Å². The van der Waals surface area contributed by atoms with Crippen LogP contribution in [0.1, 0.15) is 17.2 Å². The van der Waals surface area contributed by atoms with Gasteiger partial charge in [-0.1, -0.05) is 41.4 Å². The molecular weight excluding hydrogens is 274 g/mol.